The van der Waals surface area contributed by atoms with Crippen molar-refractivity contribution in [3.05, 3.63) is 29.8 Å². The maximum absolute atomic E-state index is 12.2. The van der Waals surface area contributed by atoms with E-state index in [2.05, 4.69) is 0 Å². The molecule has 0 fully saturated rings. The summed E-state index contributed by atoms with van der Waals surface area (Å²) in [5, 5.41) is 8.38. The summed E-state index contributed by atoms with van der Waals surface area (Å²) in [7, 11) is 0. The third-order valence-corrected chi connectivity index (χ3v) is 2.78. The fraction of sp³-hybridized carbons (Fsp3) is 0.300. The average Bonchev–Trinajstić information content (AvgIpc) is 2.16. The zero-order valence-electron chi connectivity index (χ0n) is 8.12. The van der Waals surface area contributed by atoms with Gasteiger partial charge in [0, 0.05) is 10.6 Å². The third-order valence-electron chi connectivity index (χ3n) is 1.77. The van der Waals surface area contributed by atoms with E-state index in [1.807, 2.05) is 0 Å². The highest BCUT2D eigenvalue weighted by Gasteiger charge is 2.29. The van der Waals surface area contributed by atoms with Crippen molar-refractivity contribution in [1.82, 2.24) is 0 Å². The fourth-order valence-electron chi connectivity index (χ4n) is 0.996. The SMILES string of the molecule is O=C(O)CCSc1ccc(C(F)(F)F)cc1. The van der Waals surface area contributed by atoms with Gasteiger partial charge in [-0.2, -0.15) is 13.2 Å². The van der Waals surface area contributed by atoms with Crippen molar-refractivity contribution in [1.29, 1.82) is 0 Å². The van der Waals surface area contributed by atoms with Crippen molar-refractivity contribution in [2.75, 3.05) is 5.75 Å². The Morgan fingerprint density at radius 3 is 2.25 bits per heavy atom. The number of carboxylic acids is 1. The van der Waals surface area contributed by atoms with Gasteiger partial charge in [-0.05, 0) is 24.3 Å². The molecule has 0 radical (unpaired) electrons. The van der Waals surface area contributed by atoms with E-state index in [9.17, 15) is 18.0 Å². The van der Waals surface area contributed by atoms with Crippen LogP contribution in [0.15, 0.2) is 29.2 Å². The zero-order chi connectivity index (χ0) is 12.2. The first kappa shape index (κ1) is 12.9. The predicted octanol–water partition coefficient (Wildman–Crippen LogP) is 3.27. The first-order valence-electron chi connectivity index (χ1n) is 4.41. The van der Waals surface area contributed by atoms with Crippen LogP contribution in [0.2, 0.25) is 0 Å². The fourth-order valence-corrected chi connectivity index (χ4v) is 1.84. The van der Waals surface area contributed by atoms with E-state index >= 15 is 0 Å². The Labute approximate surface area is 94.5 Å². The Balaban J connectivity index is 2.55. The molecule has 0 spiro atoms. The molecular formula is C10H9F3O2S. The van der Waals surface area contributed by atoms with Gasteiger partial charge in [0.15, 0.2) is 0 Å². The topological polar surface area (TPSA) is 37.3 Å². The number of halogens is 3. The largest absolute Gasteiger partial charge is 0.481 e. The van der Waals surface area contributed by atoms with Gasteiger partial charge in [-0.15, -0.1) is 11.8 Å². The van der Waals surface area contributed by atoms with Gasteiger partial charge >= 0.3 is 12.1 Å². The molecule has 0 bridgehead atoms. The minimum atomic E-state index is -4.33. The molecule has 0 aliphatic heterocycles. The molecule has 0 saturated heterocycles. The number of hydrogen-bond donors (Lipinski definition) is 1. The maximum atomic E-state index is 12.2. The maximum Gasteiger partial charge on any atom is 0.416 e. The summed E-state index contributed by atoms with van der Waals surface area (Å²) in [5.74, 6) is -0.569. The first-order valence-corrected chi connectivity index (χ1v) is 5.40. The summed E-state index contributed by atoms with van der Waals surface area (Å²) in [6, 6.07) is 4.66. The number of rotatable bonds is 4. The van der Waals surface area contributed by atoms with Crippen LogP contribution in [0.4, 0.5) is 13.2 Å². The quantitative estimate of drug-likeness (QED) is 0.833. The summed E-state index contributed by atoms with van der Waals surface area (Å²) in [6.07, 6.45) is -4.34. The van der Waals surface area contributed by atoms with E-state index in [0.29, 0.717) is 10.6 Å². The lowest BCUT2D eigenvalue weighted by Crippen LogP contribution is -2.04. The monoisotopic (exact) mass is 250 g/mol. The molecule has 1 N–H and O–H groups in total. The molecular weight excluding hydrogens is 241 g/mol. The van der Waals surface area contributed by atoms with Crippen LogP contribution < -0.4 is 0 Å². The van der Waals surface area contributed by atoms with Crippen LogP contribution in [0.3, 0.4) is 0 Å². The molecule has 88 valence electrons. The van der Waals surface area contributed by atoms with Crippen molar-refractivity contribution in [3.63, 3.8) is 0 Å². The first-order chi connectivity index (χ1) is 7.39. The summed E-state index contributed by atoms with van der Waals surface area (Å²) < 4.78 is 36.6. The predicted molar refractivity (Wildman–Crippen MR) is 54.4 cm³/mol. The Morgan fingerprint density at radius 1 is 1.25 bits per heavy atom. The Morgan fingerprint density at radius 2 is 1.81 bits per heavy atom. The molecule has 16 heavy (non-hydrogen) atoms. The van der Waals surface area contributed by atoms with Crippen LogP contribution in [-0.4, -0.2) is 16.8 Å². The number of carbonyl (C=O) groups is 1. The van der Waals surface area contributed by atoms with Gasteiger partial charge in [0.2, 0.25) is 0 Å². The van der Waals surface area contributed by atoms with Crippen LogP contribution in [0.25, 0.3) is 0 Å². The summed E-state index contributed by atoms with van der Waals surface area (Å²) in [4.78, 5) is 10.8. The van der Waals surface area contributed by atoms with Crippen molar-refractivity contribution in [2.24, 2.45) is 0 Å². The van der Waals surface area contributed by atoms with Crippen molar-refractivity contribution in [2.45, 2.75) is 17.5 Å². The molecule has 0 amide bonds. The molecule has 0 unspecified atom stereocenters. The molecule has 0 aliphatic rings. The molecule has 6 heteroatoms. The van der Waals surface area contributed by atoms with Gasteiger partial charge in [0.1, 0.15) is 0 Å². The number of thioether (sulfide) groups is 1. The van der Waals surface area contributed by atoms with E-state index in [4.69, 9.17) is 5.11 Å². The highest BCUT2D eigenvalue weighted by molar-refractivity contribution is 7.99. The summed E-state index contributed by atoms with van der Waals surface area (Å²) >= 11 is 1.22. The lowest BCUT2D eigenvalue weighted by molar-refractivity contribution is -0.138. The molecule has 0 saturated carbocycles. The molecule has 0 atom stereocenters. The van der Waals surface area contributed by atoms with Crippen molar-refractivity contribution >= 4 is 17.7 Å². The van der Waals surface area contributed by atoms with Gasteiger partial charge in [-0.3, -0.25) is 4.79 Å². The molecule has 0 aliphatic carbocycles. The lowest BCUT2D eigenvalue weighted by Gasteiger charge is -2.06. The molecule has 1 aromatic carbocycles. The number of carboxylic acid groups (broad SMARTS) is 1. The number of benzene rings is 1. The van der Waals surface area contributed by atoms with Crippen LogP contribution in [0.1, 0.15) is 12.0 Å². The van der Waals surface area contributed by atoms with Gasteiger partial charge in [-0.25, -0.2) is 0 Å². The van der Waals surface area contributed by atoms with Gasteiger partial charge in [0.05, 0.1) is 12.0 Å². The summed E-state index contributed by atoms with van der Waals surface area (Å²) in [6.45, 7) is 0. The van der Waals surface area contributed by atoms with Crippen molar-refractivity contribution in [3.8, 4) is 0 Å². The zero-order valence-corrected chi connectivity index (χ0v) is 8.94. The molecule has 1 rings (SSSR count). The smallest absolute Gasteiger partial charge is 0.416 e. The number of alkyl halides is 3. The second-order valence-corrected chi connectivity index (χ2v) is 4.18. The minimum Gasteiger partial charge on any atom is -0.481 e. The van der Waals surface area contributed by atoms with E-state index < -0.39 is 17.7 Å². The number of aliphatic carboxylic acids is 1. The molecule has 2 nitrogen and oxygen atoms in total. The Kier molecular flexibility index (Phi) is 4.23. The van der Waals surface area contributed by atoms with Gasteiger partial charge < -0.3 is 5.11 Å². The van der Waals surface area contributed by atoms with E-state index in [-0.39, 0.29) is 6.42 Å². The van der Waals surface area contributed by atoms with E-state index in [1.54, 1.807) is 0 Å². The van der Waals surface area contributed by atoms with Crippen molar-refractivity contribution < 1.29 is 23.1 Å². The molecule has 1 aromatic rings. The van der Waals surface area contributed by atoms with Crippen LogP contribution in [-0.2, 0) is 11.0 Å². The summed E-state index contributed by atoms with van der Waals surface area (Å²) in [5.41, 5.74) is -0.699. The minimum absolute atomic E-state index is 0.00825. The van der Waals surface area contributed by atoms with Gasteiger partial charge in [0.25, 0.3) is 0 Å². The highest BCUT2D eigenvalue weighted by Crippen LogP contribution is 2.30. The normalized spacial score (nSPS) is 11.4. The van der Waals surface area contributed by atoms with E-state index in [1.165, 1.54) is 23.9 Å². The molecule has 0 aromatic heterocycles. The second-order valence-electron chi connectivity index (χ2n) is 3.01. The second kappa shape index (κ2) is 5.25. The van der Waals surface area contributed by atoms with Gasteiger partial charge in [-0.1, -0.05) is 0 Å². The van der Waals surface area contributed by atoms with Crippen LogP contribution in [0, 0.1) is 0 Å². The number of hydrogen-bond acceptors (Lipinski definition) is 2. The Bertz CT molecular complexity index is 359. The van der Waals surface area contributed by atoms with Crippen LogP contribution in [0.5, 0.6) is 0 Å². The third kappa shape index (κ3) is 4.14. The van der Waals surface area contributed by atoms with Crippen LogP contribution >= 0.6 is 11.8 Å². The average molecular weight is 250 g/mol. The highest BCUT2D eigenvalue weighted by atomic mass is 32.2. The Hall–Kier alpha value is -1.17. The standard InChI is InChI=1S/C10H9F3O2S/c11-10(12,13)7-1-3-8(4-2-7)16-6-5-9(14)15/h1-4H,5-6H2,(H,14,15). The molecule has 0 heterocycles. The lowest BCUT2D eigenvalue weighted by atomic mass is 10.2. The van der Waals surface area contributed by atoms with E-state index in [0.717, 1.165) is 12.1 Å².